The molecule has 0 aliphatic heterocycles. The Kier molecular flexibility index (Phi) is 4.67. The van der Waals surface area contributed by atoms with Crippen molar-refractivity contribution in [3.63, 3.8) is 0 Å². The van der Waals surface area contributed by atoms with Gasteiger partial charge in [0.2, 0.25) is 10.0 Å². The summed E-state index contributed by atoms with van der Waals surface area (Å²) in [5.74, 6) is -0.656. The largest absolute Gasteiger partial charge is 0.389 e. The van der Waals surface area contributed by atoms with Crippen LogP contribution in [-0.2, 0) is 16.6 Å². The van der Waals surface area contributed by atoms with E-state index in [2.05, 4.69) is 9.71 Å². The second-order valence-corrected chi connectivity index (χ2v) is 7.36. The fourth-order valence-corrected chi connectivity index (χ4v) is 3.56. The number of nitrogens with one attached hydrogen (secondary N) is 1. The van der Waals surface area contributed by atoms with Crippen LogP contribution in [0.3, 0.4) is 0 Å². The third kappa shape index (κ3) is 3.82. The summed E-state index contributed by atoms with van der Waals surface area (Å²) in [6, 6.07) is 3.30. The molecule has 9 heteroatoms. The number of halogens is 1. The molecule has 0 bridgehead atoms. The average Bonchev–Trinajstić information content (AvgIpc) is 2.82. The van der Waals surface area contributed by atoms with E-state index in [0.717, 1.165) is 23.9 Å². The van der Waals surface area contributed by atoms with E-state index in [-0.39, 0.29) is 22.0 Å². The van der Waals surface area contributed by atoms with Crippen LogP contribution in [-0.4, -0.2) is 18.4 Å². The van der Waals surface area contributed by atoms with Crippen LogP contribution in [0.15, 0.2) is 28.5 Å². The Morgan fingerprint density at radius 3 is 2.81 bits per heavy atom. The number of nitrogens with two attached hydrogens (primary N) is 1. The smallest absolute Gasteiger partial charge is 0.240 e. The summed E-state index contributed by atoms with van der Waals surface area (Å²) >= 11 is 6.05. The normalized spacial score (nSPS) is 11.5. The third-order valence-corrected chi connectivity index (χ3v) is 5.18. The molecule has 0 aliphatic rings. The van der Waals surface area contributed by atoms with Crippen LogP contribution in [0.1, 0.15) is 16.3 Å². The Bertz CT molecular complexity index is 787. The Balaban J connectivity index is 2.23. The van der Waals surface area contributed by atoms with Gasteiger partial charge in [0.25, 0.3) is 0 Å². The molecule has 0 spiro atoms. The van der Waals surface area contributed by atoms with Crippen LogP contribution in [0.25, 0.3) is 0 Å². The molecule has 1 aromatic heterocycles. The summed E-state index contributed by atoms with van der Waals surface area (Å²) in [6.45, 7) is 1.89. The molecule has 2 aromatic rings. The van der Waals surface area contributed by atoms with Crippen molar-refractivity contribution < 1.29 is 12.8 Å². The molecular formula is C12H12FN3O2S3. The molecule has 0 unspecified atom stereocenters. The van der Waals surface area contributed by atoms with Gasteiger partial charge in [-0.1, -0.05) is 12.2 Å². The molecule has 21 heavy (non-hydrogen) atoms. The van der Waals surface area contributed by atoms with Crippen LogP contribution in [0.2, 0.25) is 0 Å². The van der Waals surface area contributed by atoms with Gasteiger partial charge in [0.1, 0.15) is 15.8 Å². The zero-order chi connectivity index (χ0) is 15.6. The van der Waals surface area contributed by atoms with Crippen LogP contribution in [0.4, 0.5) is 4.39 Å². The standard InChI is InChI=1S/C12H12FN3O2S3/c1-7-6-20-11(16-7)5-15-21(17,18)8-2-3-10(13)9(4-8)12(14)19/h2-4,6,15H,5H2,1H3,(H2,14,19). The van der Waals surface area contributed by atoms with Crippen LogP contribution in [0, 0.1) is 12.7 Å². The topological polar surface area (TPSA) is 85.1 Å². The quantitative estimate of drug-likeness (QED) is 0.806. The summed E-state index contributed by atoms with van der Waals surface area (Å²) in [5, 5.41) is 2.47. The number of thiazole rings is 1. The van der Waals surface area contributed by atoms with Crippen molar-refractivity contribution in [2.75, 3.05) is 0 Å². The maximum atomic E-state index is 13.5. The van der Waals surface area contributed by atoms with Gasteiger partial charge in [-0.3, -0.25) is 0 Å². The lowest BCUT2D eigenvalue weighted by molar-refractivity contribution is 0.580. The minimum Gasteiger partial charge on any atom is -0.389 e. The molecule has 1 aromatic carbocycles. The van der Waals surface area contributed by atoms with Crippen LogP contribution < -0.4 is 10.5 Å². The highest BCUT2D eigenvalue weighted by Gasteiger charge is 2.17. The number of sulfonamides is 1. The Morgan fingerprint density at radius 1 is 1.52 bits per heavy atom. The second-order valence-electron chi connectivity index (χ2n) is 4.21. The molecule has 0 fully saturated rings. The van der Waals surface area contributed by atoms with Crippen molar-refractivity contribution in [3.05, 3.63) is 45.7 Å². The molecular weight excluding hydrogens is 333 g/mol. The van der Waals surface area contributed by atoms with E-state index in [1.54, 1.807) is 0 Å². The number of rotatable bonds is 5. The van der Waals surface area contributed by atoms with E-state index in [4.69, 9.17) is 18.0 Å². The van der Waals surface area contributed by atoms with Crippen molar-refractivity contribution >= 4 is 38.6 Å². The predicted molar refractivity (Wildman–Crippen MR) is 83.2 cm³/mol. The maximum absolute atomic E-state index is 13.5. The van der Waals surface area contributed by atoms with Crippen molar-refractivity contribution in [1.82, 2.24) is 9.71 Å². The first-order valence-corrected chi connectivity index (χ1v) is 8.57. The Labute approximate surface area is 131 Å². The summed E-state index contributed by atoms with van der Waals surface area (Å²) in [7, 11) is -3.79. The van der Waals surface area contributed by atoms with Crippen LogP contribution >= 0.6 is 23.6 Å². The number of aromatic nitrogens is 1. The summed E-state index contributed by atoms with van der Waals surface area (Å²) in [5.41, 5.74) is 6.09. The van der Waals surface area contributed by atoms with Gasteiger partial charge in [-0.2, -0.15) is 0 Å². The molecule has 1 heterocycles. The molecule has 2 rings (SSSR count). The Morgan fingerprint density at radius 2 is 2.24 bits per heavy atom. The van der Waals surface area contributed by atoms with Crippen molar-refractivity contribution in [1.29, 1.82) is 0 Å². The summed E-state index contributed by atoms with van der Waals surface area (Å²) in [4.78, 5) is 3.87. The number of aryl methyl sites for hydroxylation is 1. The van der Waals surface area contributed by atoms with Gasteiger partial charge in [0.15, 0.2) is 0 Å². The lowest BCUT2D eigenvalue weighted by atomic mass is 10.2. The molecule has 0 aliphatic carbocycles. The van der Waals surface area contributed by atoms with E-state index >= 15 is 0 Å². The van der Waals surface area contributed by atoms with Crippen molar-refractivity contribution in [3.8, 4) is 0 Å². The average molecular weight is 345 g/mol. The van der Waals surface area contributed by atoms with E-state index < -0.39 is 15.8 Å². The minimum absolute atomic E-state index is 0.0701. The van der Waals surface area contributed by atoms with Gasteiger partial charge in [0.05, 0.1) is 11.4 Å². The summed E-state index contributed by atoms with van der Waals surface area (Å²) in [6.07, 6.45) is 0. The first-order valence-electron chi connectivity index (χ1n) is 5.79. The fourth-order valence-electron chi connectivity index (χ4n) is 1.58. The molecule has 5 nitrogen and oxygen atoms in total. The zero-order valence-electron chi connectivity index (χ0n) is 11.0. The lowest BCUT2D eigenvalue weighted by Gasteiger charge is -2.07. The fraction of sp³-hybridized carbons (Fsp3) is 0.167. The highest BCUT2D eigenvalue weighted by molar-refractivity contribution is 7.89. The minimum atomic E-state index is -3.79. The van der Waals surface area contributed by atoms with Gasteiger partial charge in [-0.05, 0) is 25.1 Å². The van der Waals surface area contributed by atoms with Gasteiger partial charge < -0.3 is 5.73 Å². The lowest BCUT2D eigenvalue weighted by Crippen LogP contribution is -2.24. The molecule has 0 amide bonds. The zero-order valence-corrected chi connectivity index (χ0v) is 13.4. The van der Waals surface area contributed by atoms with E-state index in [9.17, 15) is 12.8 Å². The highest BCUT2D eigenvalue weighted by Crippen LogP contribution is 2.16. The molecule has 0 radical (unpaired) electrons. The highest BCUT2D eigenvalue weighted by atomic mass is 32.2. The molecule has 0 atom stereocenters. The predicted octanol–water partition coefficient (Wildman–Crippen LogP) is 1.70. The first-order chi connectivity index (χ1) is 9.79. The van der Waals surface area contributed by atoms with Gasteiger partial charge in [0, 0.05) is 16.6 Å². The molecule has 112 valence electrons. The van der Waals surface area contributed by atoms with Gasteiger partial charge >= 0.3 is 0 Å². The van der Waals surface area contributed by atoms with E-state index in [1.807, 2.05) is 12.3 Å². The second kappa shape index (κ2) is 6.14. The van der Waals surface area contributed by atoms with Crippen LogP contribution in [0.5, 0.6) is 0 Å². The SMILES string of the molecule is Cc1csc(CNS(=O)(=O)c2ccc(F)c(C(N)=S)c2)n1. The molecule has 0 saturated heterocycles. The van der Waals surface area contributed by atoms with Crippen molar-refractivity contribution in [2.45, 2.75) is 18.4 Å². The molecule has 0 saturated carbocycles. The Hall–Kier alpha value is -1.42. The third-order valence-electron chi connectivity index (χ3n) is 2.59. The number of hydrogen-bond donors (Lipinski definition) is 2. The summed E-state index contributed by atoms with van der Waals surface area (Å²) < 4.78 is 40.2. The monoisotopic (exact) mass is 345 g/mol. The number of nitrogens with zero attached hydrogens (tertiary/aromatic N) is 1. The first kappa shape index (κ1) is 16.0. The van der Waals surface area contributed by atoms with Gasteiger partial charge in [-0.15, -0.1) is 11.3 Å². The number of hydrogen-bond acceptors (Lipinski definition) is 5. The number of thiocarbonyl (C=S) groups is 1. The van der Waals surface area contributed by atoms with Gasteiger partial charge in [-0.25, -0.2) is 22.5 Å². The van der Waals surface area contributed by atoms with Crippen molar-refractivity contribution in [2.24, 2.45) is 5.73 Å². The number of benzene rings is 1. The maximum Gasteiger partial charge on any atom is 0.240 e. The van der Waals surface area contributed by atoms with E-state index in [0.29, 0.717) is 5.01 Å². The molecule has 3 N–H and O–H groups in total. The van der Waals surface area contributed by atoms with E-state index in [1.165, 1.54) is 11.3 Å².